The molecule has 2 fully saturated rings. The molecule has 2 aromatic rings. The van der Waals surface area contributed by atoms with Crippen LogP contribution in [0.3, 0.4) is 0 Å². The van der Waals surface area contributed by atoms with Crippen LogP contribution in [-0.4, -0.2) is 67.2 Å². The van der Waals surface area contributed by atoms with Crippen LogP contribution in [0.1, 0.15) is 19.3 Å². The summed E-state index contributed by atoms with van der Waals surface area (Å²) in [5.41, 5.74) is 1.24. The highest BCUT2D eigenvalue weighted by molar-refractivity contribution is 5.76. The van der Waals surface area contributed by atoms with Crippen molar-refractivity contribution < 1.29 is 9.53 Å². The Kier molecular flexibility index (Phi) is 6.12. The van der Waals surface area contributed by atoms with Crippen LogP contribution in [0.5, 0.6) is 6.01 Å². The van der Waals surface area contributed by atoms with E-state index >= 15 is 0 Å². The van der Waals surface area contributed by atoms with Crippen LogP contribution in [0.25, 0.3) is 0 Å². The highest BCUT2D eigenvalue weighted by Crippen LogP contribution is 2.25. The summed E-state index contributed by atoms with van der Waals surface area (Å²) in [5, 5.41) is 0. The SMILES string of the molecule is COc1nccc(N2CCC(CC(=O)N3CCN(c4ccccc4)CC3)CC2)n1. The largest absolute Gasteiger partial charge is 0.467 e. The number of ether oxygens (including phenoxy) is 1. The van der Waals surface area contributed by atoms with Crippen LogP contribution < -0.4 is 14.5 Å². The number of carbonyl (C=O) groups is 1. The van der Waals surface area contributed by atoms with Gasteiger partial charge in [0.05, 0.1) is 7.11 Å². The number of benzene rings is 1. The van der Waals surface area contributed by atoms with Crippen LogP contribution >= 0.6 is 0 Å². The molecule has 3 heterocycles. The minimum Gasteiger partial charge on any atom is -0.467 e. The number of methoxy groups -OCH3 is 1. The van der Waals surface area contributed by atoms with Gasteiger partial charge in [0.2, 0.25) is 5.91 Å². The van der Waals surface area contributed by atoms with Gasteiger partial charge in [-0.1, -0.05) is 18.2 Å². The second kappa shape index (κ2) is 9.11. The molecule has 1 amide bonds. The third kappa shape index (κ3) is 4.78. The first-order chi connectivity index (χ1) is 14.2. The molecule has 7 heteroatoms. The zero-order valence-electron chi connectivity index (χ0n) is 17.0. The van der Waals surface area contributed by atoms with Gasteiger partial charge in [-0.2, -0.15) is 4.98 Å². The molecule has 2 aliphatic rings. The Morgan fingerprint density at radius 2 is 1.72 bits per heavy atom. The Labute approximate surface area is 172 Å². The summed E-state index contributed by atoms with van der Waals surface area (Å²) >= 11 is 0. The summed E-state index contributed by atoms with van der Waals surface area (Å²) in [5.74, 6) is 1.66. The third-order valence-electron chi connectivity index (χ3n) is 5.96. The van der Waals surface area contributed by atoms with Gasteiger partial charge in [0.25, 0.3) is 0 Å². The molecule has 29 heavy (non-hydrogen) atoms. The Hall–Kier alpha value is -2.83. The number of anilines is 2. The van der Waals surface area contributed by atoms with Crippen molar-refractivity contribution in [3.63, 3.8) is 0 Å². The molecule has 2 aliphatic heterocycles. The predicted octanol–water partition coefficient (Wildman–Crippen LogP) is 2.44. The maximum absolute atomic E-state index is 12.8. The topological polar surface area (TPSA) is 61.8 Å². The second-order valence-electron chi connectivity index (χ2n) is 7.74. The van der Waals surface area contributed by atoms with E-state index in [0.29, 0.717) is 24.3 Å². The first-order valence-electron chi connectivity index (χ1n) is 10.4. The highest BCUT2D eigenvalue weighted by atomic mass is 16.5. The molecular weight excluding hydrogens is 366 g/mol. The number of amides is 1. The van der Waals surface area contributed by atoms with E-state index in [1.165, 1.54) is 5.69 Å². The molecule has 0 N–H and O–H groups in total. The number of carbonyl (C=O) groups excluding carboxylic acids is 1. The number of rotatable bonds is 5. The normalized spacial score (nSPS) is 18.0. The van der Waals surface area contributed by atoms with E-state index in [2.05, 4.69) is 44.0 Å². The lowest BCUT2D eigenvalue weighted by Crippen LogP contribution is -2.49. The zero-order valence-corrected chi connectivity index (χ0v) is 17.0. The lowest BCUT2D eigenvalue weighted by molar-refractivity contribution is -0.132. The predicted molar refractivity (Wildman–Crippen MR) is 113 cm³/mol. The van der Waals surface area contributed by atoms with Gasteiger partial charge in [-0.3, -0.25) is 4.79 Å². The molecule has 2 saturated heterocycles. The molecular formula is C22H29N5O2. The summed E-state index contributed by atoms with van der Waals surface area (Å²) in [7, 11) is 1.58. The number of aromatic nitrogens is 2. The van der Waals surface area contributed by atoms with E-state index in [0.717, 1.165) is 57.9 Å². The fourth-order valence-electron chi connectivity index (χ4n) is 4.20. The molecule has 0 atom stereocenters. The number of nitrogens with zero attached hydrogens (tertiary/aromatic N) is 5. The van der Waals surface area contributed by atoms with Crippen molar-refractivity contribution in [2.45, 2.75) is 19.3 Å². The number of hydrogen-bond donors (Lipinski definition) is 0. The second-order valence-corrected chi connectivity index (χ2v) is 7.74. The smallest absolute Gasteiger partial charge is 0.318 e. The minimum absolute atomic E-state index is 0.305. The van der Waals surface area contributed by atoms with E-state index in [1.807, 2.05) is 17.0 Å². The lowest BCUT2D eigenvalue weighted by atomic mass is 9.93. The summed E-state index contributed by atoms with van der Waals surface area (Å²) in [6.07, 6.45) is 4.42. The van der Waals surface area contributed by atoms with Gasteiger partial charge < -0.3 is 19.4 Å². The number of para-hydroxylation sites is 1. The summed E-state index contributed by atoms with van der Waals surface area (Å²) < 4.78 is 5.12. The molecule has 0 spiro atoms. The van der Waals surface area contributed by atoms with E-state index in [1.54, 1.807) is 13.3 Å². The van der Waals surface area contributed by atoms with Crippen LogP contribution in [0, 0.1) is 5.92 Å². The maximum atomic E-state index is 12.8. The lowest BCUT2D eigenvalue weighted by Gasteiger charge is -2.37. The van der Waals surface area contributed by atoms with Crippen molar-refractivity contribution in [1.29, 1.82) is 0 Å². The Morgan fingerprint density at radius 3 is 2.41 bits per heavy atom. The van der Waals surface area contributed by atoms with Crippen LogP contribution in [-0.2, 0) is 4.79 Å². The highest BCUT2D eigenvalue weighted by Gasteiger charge is 2.26. The van der Waals surface area contributed by atoms with E-state index < -0.39 is 0 Å². The monoisotopic (exact) mass is 395 g/mol. The molecule has 0 aliphatic carbocycles. The fourth-order valence-corrected chi connectivity index (χ4v) is 4.20. The van der Waals surface area contributed by atoms with Gasteiger partial charge >= 0.3 is 6.01 Å². The first kappa shape index (κ1) is 19.5. The minimum atomic E-state index is 0.305. The van der Waals surface area contributed by atoms with Crippen LogP contribution in [0.4, 0.5) is 11.5 Å². The molecule has 0 bridgehead atoms. The molecule has 0 saturated carbocycles. The van der Waals surface area contributed by atoms with Gasteiger partial charge in [0.15, 0.2) is 0 Å². The van der Waals surface area contributed by atoms with Crippen LogP contribution in [0.15, 0.2) is 42.6 Å². The standard InChI is InChI=1S/C22H29N5O2/c1-29-22-23-10-7-20(24-22)26-11-8-18(9-12-26)17-21(28)27-15-13-25(14-16-27)19-5-3-2-4-6-19/h2-7,10,18H,8-9,11-17H2,1H3. The number of piperidine rings is 1. The van der Waals surface area contributed by atoms with E-state index in [9.17, 15) is 4.79 Å². The molecule has 0 radical (unpaired) electrons. The Balaban J connectivity index is 1.23. The molecule has 1 aromatic heterocycles. The van der Waals surface area contributed by atoms with E-state index in [-0.39, 0.29) is 0 Å². The summed E-state index contributed by atoms with van der Waals surface area (Å²) in [6.45, 7) is 5.27. The van der Waals surface area contributed by atoms with Gasteiger partial charge in [-0.15, -0.1) is 0 Å². The quantitative estimate of drug-likeness (QED) is 0.775. The summed E-state index contributed by atoms with van der Waals surface area (Å²) in [6, 6.07) is 12.8. The van der Waals surface area contributed by atoms with Crippen LogP contribution in [0.2, 0.25) is 0 Å². The van der Waals surface area contributed by atoms with E-state index in [4.69, 9.17) is 4.74 Å². The van der Waals surface area contributed by atoms with Crippen molar-refractivity contribution in [3.05, 3.63) is 42.6 Å². The molecule has 1 aromatic carbocycles. The van der Waals surface area contributed by atoms with Gasteiger partial charge in [-0.25, -0.2) is 4.98 Å². The molecule has 7 nitrogen and oxygen atoms in total. The fraction of sp³-hybridized carbons (Fsp3) is 0.500. The van der Waals surface area contributed by atoms with Crippen molar-refractivity contribution in [3.8, 4) is 6.01 Å². The van der Waals surface area contributed by atoms with Gasteiger partial charge in [0, 0.05) is 57.6 Å². The average Bonchev–Trinajstić information content (AvgIpc) is 2.80. The Bertz CT molecular complexity index is 800. The van der Waals surface area contributed by atoms with Crippen molar-refractivity contribution >= 4 is 17.4 Å². The zero-order chi connectivity index (χ0) is 20.1. The third-order valence-corrected chi connectivity index (χ3v) is 5.96. The van der Waals surface area contributed by atoms with Crippen molar-refractivity contribution in [2.75, 3.05) is 56.2 Å². The van der Waals surface area contributed by atoms with Gasteiger partial charge in [0.1, 0.15) is 5.82 Å². The Morgan fingerprint density at radius 1 is 1.00 bits per heavy atom. The van der Waals surface area contributed by atoms with Crippen molar-refractivity contribution in [2.24, 2.45) is 5.92 Å². The van der Waals surface area contributed by atoms with Crippen molar-refractivity contribution in [1.82, 2.24) is 14.9 Å². The maximum Gasteiger partial charge on any atom is 0.318 e. The number of hydrogen-bond acceptors (Lipinski definition) is 6. The molecule has 154 valence electrons. The number of piperazine rings is 1. The molecule has 0 unspecified atom stereocenters. The average molecular weight is 396 g/mol. The summed E-state index contributed by atoms with van der Waals surface area (Å²) in [4.78, 5) is 27.9. The molecule has 4 rings (SSSR count). The van der Waals surface area contributed by atoms with Gasteiger partial charge in [-0.05, 0) is 37.0 Å². The first-order valence-corrected chi connectivity index (χ1v) is 10.4.